The molecule has 0 spiro atoms. The van der Waals surface area contributed by atoms with Crippen molar-refractivity contribution >= 4 is 41.0 Å². The van der Waals surface area contributed by atoms with E-state index in [1.54, 1.807) is 23.7 Å². The van der Waals surface area contributed by atoms with E-state index in [2.05, 4.69) is 20.9 Å². The quantitative estimate of drug-likeness (QED) is 0.291. The van der Waals surface area contributed by atoms with Crippen molar-refractivity contribution in [2.75, 3.05) is 41.4 Å². The summed E-state index contributed by atoms with van der Waals surface area (Å²) in [5, 5.41) is 26.5. The third kappa shape index (κ3) is 5.50. The van der Waals surface area contributed by atoms with E-state index < -0.39 is 29.4 Å². The van der Waals surface area contributed by atoms with Crippen molar-refractivity contribution in [1.29, 1.82) is 0 Å². The first-order chi connectivity index (χ1) is 15.7. The van der Waals surface area contributed by atoms with Gasteiger partial charge in [-0.05, 0) is 30.7 Å². The van der Waals surface area contributed by atoms with E-state index in [1.807, 2.05) is 4.90 Å². The Balaban J connectivity index is 1.68. The van der Waals surface area contributed by atoms with Crippen molar-refractivity contribution in [2.24, 2.45) is 0 Å². The molecule has 0 bridgehead atoms. The highest BCUT2D eigenvalue weighted by atomic mass is 16.4. The average Bonchev–Trinajstić information content (AvgIpc) is 2.76. The zero-order valence-corrected chi connectivity index (χ0v) is 17.9. The van der Waals surface area contributed by atoms with Gasteiger partial charge in [0.2, 0.25) is 5.95 Å². The van der Waals surface area contributed by atoms with Crippen LogP contribution in [0.5, 0.6) is 0 Å². The molecule has 1 aromatic heterocycles. The second kappa shape index (κ2) is 9.89. The normalized spacial score (nSPS) is 13.4. The van der Waals surface area contributed by atoms with Crippen molar-refractivity contribution in [3.05, 3.63) is 40.2 Å². The highest BCUT2D eigenvalue weighted by Crippen LogP contribution is 2.25. The monoisotopic (exact) mass is 459 g/mol. The molecule has 1 amide bonds. The lowest BCUT2D eigenvalue weighted by Gasteiger charge is -2.30. The van der Waals surface area contributed by atoms with Crippen LogP contribution in [0.4, 0.5) is 23.1 Å². The Labute approximate surface area is 188 Å². The molecule has 2 aromatic rings. The molecule has 0 aliphatic carbocycles. The number of nitrogens with one attached hydrogen (secondary N) is 3. The number of fused-ring (bicyclic) bond motifs is 1. The Bertz CT molecular complexity index is 1120. The van der Waals surface area contributed by atoms with Gasteiger partial charge in [-0.15, -0.1) is 0 Å². The second-order valence-corrected chi connectivity index (χ2v) is 7.46. The summed E-state index contributed by atoms with van der Waals surface area (Å²) in [5.41, 5.74) is 6.83. The van der Waals surface area contributed by atoms with E-state index in [0.717, 1.165) is 0 Å². The number of likely N-dealkylation sites (N-methyl/N-ethyl adjacent to an activating group) is 1. The lowest BCUT2D eigenvalue weighted by atomic mass is 10.1. The fraction of sp³-hybridized carbons (Fsp3) is 0.350. The number of nitrogens with zero attached hydrogens (tertiary/aromatic N) is 3. The number of rotatable bonds is 9. The molecule has 1 aliphatic heterocycles. The molecular weight excluding hydrogens is 434 g/mol. The molecule has 2 heterocycles. The van der Waals surface area contributed by atoms with Crippen LogP contribution < -0.4 is 32.1 Å². The Morgan fingerprint density at radius 1 is 1.24 bits per heavy atom. The second-order valence-electron chi connectivity index (χ2n) is 7.46. The fourth-order valence-electron chi connectivity index (χ4n) is 3.37. The molecule has 0 fully saturated rings. The topological polar surface area (TPSA) is 192 Å². The Kier molecular flexibility index (Phi) is 7.00. The number of anilines is 4. The number of hydrogen-bond donors (Lipinski definition) is 6. The molecule has 176 valence electrons. The van der Waals surface area contributed by atoms with Crippen LogP contribution >= 0.6 is 0 Å². The van der Waals surface area contributed by atoms with E-state index in [9.17, 15) is 24.3 Å². The summed E-state index contributed by atoms with van der Waals surface area (Å²) in [4.78, 5) is 52.2. The summed E-state index contributed by atoms with van der Waals surface area (Å²) in [7, 11) is 1.80. The minimum absolute atomic E-state index is 0.0473. The molecule has 13 nitrogen and oxygen atoms in total. The summed E-state index contributed by atoms with van der Waals surface area (Å²) in [5.74, 6) is -2.48. The van der Waals surface area contributed by atoms with E-state index in [1.165, 1.54) is 12.1 Å². The number of aromatic nitrogens is 2. The predicted molar refractivity (Wildman–Crippen MR) is 120 cm³/mol. The number of carbonyl (C=O) groups is 3. The molecule has 1 unspecified atom stereocenters. The third-order valence-electron chi connectivity index (χ3n) is 5.15. The van der Waals surface area contributed by atoms with Gasteiger partial charge in [0.25, 0.3) is 11.5 Å². The van der Waals surface area contributed by atoms with Crippen molar-refractivity contribution in [1.82, 2.24) is 14.9 Å². The van der Waals surface area contributed by atoms with Gasteiger partial charge in [-0.25, -0.2) is 4.79 Å². The summed E-state index contributed by atoms with van der Waals surface area (Å²) < 4.78 is 1.63. The maximum Gasteiger partial charge on any atom is 0.326 e. The first-order valence-electron chi connectivity index (χ1n) is 10.1. The highest BCUT2D eigenvalue weighted by Gasteiger charge is 2.23. The number of benzene rings is 1. The number of hydrogen-bond acceptors (Lipinski definition) is 9. The SMILES string of the molecule is CN1CCNc2c1c(=O)nc(N)n2CNc1ccc(C(=O)NC(CCC(=O)O)C(=O)O)cc1. The highest BCUT2D eigenvalue weighted by molar-refractivity contribution is 5.96. The maximum absolute atomic E-state index is 12.3. The summed E-state index contributed by atoms with van der Waals surface area (Å²) in [6.07, 6.45) is -0.601. The number of carboxylic acids is 2. The standard InChI is InChI=1S/C20H25N7O6/c1-26-9-8-22-16-15(26)18(31)25-20(21)27(16)10-23-12-4-2-11(3-5-12)17(30)24-13(19(32)33)6-7-14(28)29/h2-5,13,22-23H,6-10H2,1H3,(H,24,30)(H,28,29)(H,32,33)(H2,21,25,31). The van der Waals surface area contributed by atoms with Crippen LogP contribution in [0.15, 0.2) is 29.1 Å². The zero-order valence-electron chi connectivity index (χ0n) is 17.9. The van der Waals surface area contributed by atoms with E-state index in [4.69, 9.17) is 10.8 Å². The van der Waals surface area contributed by atoms with Crippen molar-refractivity contribution < 1.29 is 24.6 Å². The molecule has 0 radical (unpaired) electrons. The van der Waals surface area contributed by atoms with E-state index in [0.29, 0.717) is 30.3 Å². The van der Waals surface area contributed by atoms with E-state index >= 15 is 0 Å². The van der Waals surface area contributed by atoms with Crippen LogP contribution in [-0.4, -0.2) is 63.8 Å². The Hall–Kier alpha value is -4.29. The summed E-state index contributed by atoms with van der Waals surface area (Å²) >= 11 is 0. The molecule has 0 saturated heterocycles. The lowest BCUT2D eigenvalue weighted by molar-refractivity contribution is -0.140. The average molecular weight is 459 g/mol. The predicted octanol–water partition coefficient (Wildman–Crippen LogP) is -0.195. The van der Waals surface area contributed by atoms with Gasteiger partial charge in [-0.2, -0.15) is 4.98 Å². The Morgan fingerprint density at radius 3 is 2.58 bits per heavy atom. The van der Waals surface area contributed by atoms with Crippen LogP contribution in [0.2, 0.25) is 0 Å². The van der Waals surface area contributed by atoms with Crippen molar-refractivity contribution in [2.45, 2.75) is 25.6 Å². The van der Waals surface area contributed by atoms with E-state index in [-0.39, 0.29) is 31.0 Å². The third-order valence-corrected chi connectivity index (χ3v) is 5.15. The lowest BCUT2D eigenvalue weighted by Crippen LogP contribution is -2.41. The van der Waals surface area contributed by atoms with Gasteiger partial charge in [0, 0.05) is 37.8 Å². The van der Waals surface area contributed by atoms with Crippen molar-refractivity contribution in [3.63, 3.8) is 0 Å². The number of carboxylic acid groups (broad SMARTS) is 2. The largest absolute Gasteiger partial charge is 0.481 e. The van der Waals surface area contributed by atoms with Crippen LogP contribution in [0, 0.1) is 0 Å². The first-order valence-corrected chi connectivity index (χ1v) is 10.1. The van der Waals surface area contributed by atoms with Gasteiger partial charge in [0.05, 0.1) is 6.67 Å². The van der Waals surface area contributed by atoms with Gasteiger partial charge < -0.3 is 36.8 Å². The minimum Gasteiger partial charge on any atom is -0.481 e. The number of aliphatic carboxylic acids is 2. The zero-order chi connectivity index (χ0) is 24.1. The van der Waals surface area contributed by atoms with Crippen LogP contribution in [0.1, 0.15) is 23.2 Å². The maximum atomic E-state index is 12.3. The van der Waals surface area contributed by atoms with Crippen LogP contribution in [0.25, 0.3) is 0 Å². The molecule has 0 saturated carbocycles. The molecule has 7 N–H and O–H groups in total. The van der Waals surface area contributed by atoms with Crippen LogP contribution in [-0.2, 0) is 16.3 Å². The van der Waals surface area contributed by atoms with Crippen molar-refractivity contribution in [3.8, 4) is 0 Å². The molecule has 3 rings (SSSR count). The molecule has 33 heavy (non-hydrogen) atoms. The molecular formula is C20H25N7O6. The first kappa shape index (κ1) is 23.4. The number of amides is 1. The molecule has 13 heteroatoms. The summed E-state index contributed by atoms with van der Waals surface area (Å²) in [6, 6.07) is 4.95. The van der Waals surface area contributed by atoms with Crippen LogP contribution in [0.3, 0.4) is 0 Å². The summed E-state index contributed by atoms with van der Waals surface area (Å²) in [6.45, 7) is 1.49. The van der Waals surface area contributed by atoms with Gasteiger partial charge in [-0.1, -0.05) is 0 Å². The number of nitrogen functional groups attached to an aromatic ring is 1. The smallest absolute Gasteiger partial charge is 0.326 e. The van der Waals surface area contributed by atoms with Gasteiger partial charge in [0.15, 0.2) is 0 Å². The molecule has 1 atom stereocenters. The number of carbonyl (C=O) groups excluding carboxylic acids is 1. The molecule has 1 aliphatic rings. The van der Waals surface area contributed by atoms with Gasteiger partial charge >= 0.3 is 11.9 Å². The Morgan fingerprint density at radius 2 is 1.94 bits per heavy atom. The van der Waals surface area contributed by atoms with Gasteiger partial charge in [-0.3, -0.25) is 19.0 Å². The number of nitrogens with two attached hydrogens (primary N) is 1. The molecule has 1 aromatic carbocycles. The van der Waals surface area contributed by atoms with Gasteiger partial charge in [0.1, 0.15) is 17.5 Å². The minimum atomic E-state index is -1.31. The fourth-order valence-corrected chi connectivity index (χ4v) is 3.37.